The summed E-state index contributed by atoms with van der Waals surface area (Å²) in [6, 6.07) is 0. The van der Waals surface area contributed by atoms with Crippen molar-refractivity contribution < 1.29 is 47.4 Å². The van der Waals surface area contributed by atoms with E-state index in [1.54, 1.807) is 13.8 Å². The van der Waals surface area contributed by atoms with E-state index in [1.165, 1.54) is 19.4 Å². The number of methoxy groups -OCH3 is 1. The summed E-state index contributed by atoms with van der Waals surface area (Å²) in [7, 11) is -3.22. The largest absolute Gasteiger partial charge is 0.374 e. The fourth-order valence-electron chi connectivity index (χ4n) is 2.83. The van der Waals surface area contributed by atoms with Crippen LogP contribution in [0.2, 0.25) is 0 Å². The topological polar surface area (TPSA) is 152 Å². The SMILES string of the molecule is CO[C@@H]1[C@H](OP(O)(=S)OC(C)C)[C@@H](/C=C/P(=O)(O)O)O[C@H]1N1C=CC(=O)CC1=O. The lowest BCUT2D eigenvalue weighted by Crippen LogP contribution is -2.47. The molecule has 1 amide bonds. The Morgan fingerprint density at radius 2 is 1.97 bits per heavy atom. The van der Waals surface area contributed by atoms with Gasteiger partial charge in [0.2, 0.25) is 5.91 Å². The lowest BCUT2D eigenvalue weighted by atomic mass is 10.1. The van der Waals surface area contributed by atoms with Gasteiger partial charge in [0.15, 0.2) is 12.0 Å². The van der Waals surface area contributed by atoms with Crippen molar-refractivity contribution in [3.8, 4) is 0 Å². The van der Waals surface area contributed by atoms with Crippen LogP contribution in [0.25, 0.3) is 0 Å². The van der Waals surface area contributed by atoms with Crippen LogP contribution in [-0.4, -0.2) is 69.0 Å². The zero-order valence-corrected chi connectivity index (χ0v) is 18.5. The molecule has 0 aliphatic carbocycles. The Morgan fingerprint density at radius 3 is 2.48 bits per heavy atom. The predicted octanol–water partition coefficient (Wildman–Crippen LogP) is 0.760. The zero-order chi connectivity index (χ0) is 22.0. The van der Waals surface area contributed by atoms with E-state index in [0.29, 0.717) is 5.82 Å². The quantitative estimate of drug-likeness (QED) is 0.340. The van der Waals surface area contributed by atoms with E-state index in [1.807, 2.05) is 0 Å². The van der Waals surface area contributed by atoms with Crippen LogP contribution in [0, 0.1) is 0 Å². The summed E-state index contributed by atoms with van der Waals surface area (Å²) >= 11 is 5.00. The number of ketones is 1. The minimum atomic E-state index is -4.53. The minimum absolute atomic E-state index is 0.365. The summed E-state index contributed by atoms with van der Waals surface area (Å²) in [6.07, 6.45) is -1.73. The van der Waals surface area contributed by atoms with E-state index >= 15 is 0 Å². The summed E-state index contributed by atoms with van der Waals surface area (Å²) in [4.78, 5) is 53.4. The number of hydrogen-bond acceptors (Lipinski definition) is 8. The molecule has 14 heteroatoms. The third-order valence-corrected chi connectivity index (χ3v) is 6.15. The highest BCUT2D eigenvalue weighted by Gasteiger charge is 2.50. The highest BCUT2D eigenvalue weighted by molar-refractivity contribution is 8.07. The summed E-state index contributed by atoms with van der Waals surface area (Å²) < 4.78 is 33.1. The van der Waals surface area contributed by atoms with Gasteiger partial charge in [0.05, 0.1) is 12.5 Å². The third-order valence-electron chi connectivity index (χ3n) is 3.87. The van der Waals surface area contributed by atoms with Gasteiger partial charge in [-0.1, -0.05) is 0 Å². The molecule has 1 unspecified atom stereocenters. The maximum atomic E-state index is 12.3. The Morgan fingerprint density at radius 1 is 1.31 bits per heavy atom. The van der Waals surface area contributed by atoms with E-state index in [0.717, 1.165) is 11.0 Å². The molecule has 0 aromatic carbocycles. The maximum Gasteiger partial charge on any atom is 0.348 e. The molecule has 0 spiro atoms. The molecular formula is C15H23NO10P2S. The fraction of sp³-hybridized carbons (Fsp3) is 0.600. The summed E-state index contributed by atoms with van der Waals surface area (Å²) in [5.74, 6) is -0.310. The Bertz CT molecular complexity index is 794. The lowest BCUT2D eigenvalue weighted by Gasteiger charge is -2.31. The highest BCUT2D eigenvalue weighted by atomic mass is 32.5. The number of hydrogen-bond donors (Lipinski definition) is 3. The van der Waals surface area contributed by atoms with Gasteiger partial charge in [-0.05, 0) is 37.8 Å². The molecule has 0 radical (unpaired) electrons. The van der Waals surface area contributed by atoms with Gasteiger partial charge in [-0.3, -0.25) is 23.6 Å². The summed E-state index contributed by atoms with van der Waals surface area (Å²) in [5, 5.41) is 0. The summed E-state index contributed by atoms with van der Waals surface area (Å²) in [5.41, 5.74) is 0. The number of carbonyl (C=O) groups excluding carboxylic acids is 2. The van der Waals surface area contributed by atoms with E-state index in [4.69, 9.17) is 40.1 Å². The van der Waals surface area contributed by atoms with Crippen LogP contribution < -0.4 is 0 Å². The first-order chi connectivity index (χ1) is 13.3. The summed E-state index contributed by atoms with van der Waals surface area (Å²) in [6.45, 7) is -0.491. The minimum Gasteiger partial charge on any atom is -0.374 e. The van der Waals surface area contributed by atoms with Gasteiger partial charge in [-0.2, -0.15) is 0 Å². The van der Waals surface area contributed by atoms with Crippen LogP contribution in [-0.2, 0) is 44.5 Å². The first kappa shape index (κ1) is 24.5. The molecule has 0 aromatic rings. The molecule has 2 rings (SSSR count). The van der Waals surface area contributed by atoms with Crippen molar-refractivity contribution in [3.63, 3.8) is 0 Å². The first-order valence-electron chi connectivity index (χ1n) is 8.47. The van der Waals surface area contributed by atoms with Crippen molar-refractivity contribution in [2.75, 3.05) is 7.11 Å². The Balaban J connectivity index is 2.36. The number of ether oxygens (including phenoxy) is 2. The van der Waals surface area contributed by atoms with Gasteiger partial charge < -0.3 is 28.7 Å². The Labute approximate surface area is 172 Å². The molecule has 2 heterocycles. The molecule has 0 bridgehead atoms. The van der Waals surface area contributed by atoms with Crippen LogP contribution in [0.15, 0.2) is 24.2 Å². The maximum absolute atomic E-state index is 12.3. The van der Waals surface area contributed by atoms with Crippen molar-refractivity contribution >= 4 is 37.8 Å². The van der Waals surface area contributed by atoms with Gasteiger partial charge in [0.25, 0.3) is 0 Å². The third kappa shape index (κ3) is 6.86. The molecule has 5 atom stereocenters. The van der Waals surface area contributed by atoms with Crippen molar-refractivity contribution in [2.24, 2.45) is 0 Å². The van der Waals surface area contributed by atoms with Crippen LogP contribution in [0.4, 0.5) is 0 Å². The zero-order valence-electron chi connectivity index (χ0n) is 15.9. The molecule has 1 fully saturated rings. The van der Waals surface area contributed by atoms with E-state index in [2.05, 4.69) is 0 Å². The number of allylic oxidation sites excluding steroid dienone is 1. The number of nitrogens with zero attached hydrogens (tertiary/aromatic N) is 1. The van der Waals surface area contributed by atoms with Crippen LogP contribution in [0.1, 0.15) is 20.3 Å². The second-order valence-electron chi connectivity index (χ2n) is 6.57. The lowest BCUT2D eigenvalue weighted by molar-refractivity contribution is -0.148. The second-order valence-corrected chi connectivity index (χ2v) is 10.8. The molecule has 2 aliphatic rings. The van der Waals surface area contributed by atoms with Crippen molar-refractivity contribution in [2.45, 2.75) is 50.9 Å². The van der Waals surface area contributed by atoms with Crippen molar-refractivity contribution in [1.82, 2.24) is 4.90 Å². The van der Waals surface area contributed by atoms with Crippen LogP contribution in [0.5, 0.6) is 0 Å². The van der Waals surface area contributed by atoms with Crippen LogP contribution >= 0.6 is 14.3 Å². The molecule has 11 nitrogen and oxygen atoms in total. The normalized spacial score (nSPS) is 30.5. The average Bonchev–Trinajstić information content (AvgIpc) is 2.87. The molecule has 164 valence electrons. The Kier molecular flexibility index (Phi) is 8.08. The van der Waals surface area contributed by atoms with E-state index in [-0.39, 0.29) is 12.2 Å². The molecule has 1 saturated heterocycles. The van der Waals surface area contributed by atoms with Gasteiger partial charge in [-0.15, -0.1) is 0 Å². The number of carbonyl (C=O) groups is 2. The Hall–Kier alpha value is -0.780. The smallest absolute Gasteiger partial charge is 0.348 e. The fourth-order valence-corrected chi connectivity index (χ4v) is 5.17. The van der Waals surface area contributed by atoms with Crippen molar-refractivity contribution in [3.05, 3.63) is 24.2 Å². The molecule has 0 saturated carbocycles. The van der Waals surface area contributed by atoms with Crippen LogP contribution in [0.3, 0.4) is 0 Å². The molecular weight excluding hydrogens is 448 g/mol. The second kappa shape index (κ2) is 9.57. The molecule has 3 N–H and O–H groups in total. The van der Waals surface area contributed by atoms with E-state index in [9.17, 15) is 19.0 Å². The van der Waals surface area contributed by atoms with Gasteiger partial charge >= 0.3 is 14.3 Å². The van der Waals surface area contributed by atoms with E-state index < -0.39 is 50.9 Å². The molecule has 29 heavy (non-hydrogen) atoms. The molecule has 2 aliphatic heterocycles. The highest BCUT2D eigenvalue weighted by Crippen LogP contribution is 2.50. The monoisotopic (exact) mass is 471 g/mol. The predicted molar refractivity (Wildman–Crippen MR) is 104 cm³/mol. The first-order valence-corrected chi connectivity index (χ1v) is 12.7. The molecule has 0 aromatic heterocycles. The van der Waals surface area contributed by atoms with Gasteiger partial charge in [0, 0.05) is 19.1 Å². The number of rotatable bonds is 8. The number of amides is 1. The van der Waals surface area contributed by atoms with Gasteiger partial charge in [0.1, 0.15) is 18.3 Å². The average molecular weight is 471 g/mol. The van der Waals surface area contributed by atoms with Crippen molar-refractivity contribution in [1.29, 1.82) is 0 Å². The standard InChI is InChI=1S/C15H23NO10P2S/c1-9(2)25-28(22,29)26-13-11(5-7-27(19,20)21)24-15(14(13)23-3)16-6-4-10(17)8-12(16)18/h4-7,9,11,13-15H,8H2,1-3H3,(H,22,29)(H2,19,20,21)/b7-5+/t11-,13-,14-,15-,28?/m1/s1. The van der Waals surface area contributed by atoms with Gasteiger partial charge in [-0.25, -0.2) is 0 Å².